The van der Waals surface area contributed by atoms with Crippen molar-refractivity contribution in [3.05, 3.63) is 41.2 Å². The number of nitrogens with zero attached hydrogens (tertiary/aromatic N) is 4. The third-order valence-corrected chi connectivity index (χ3v) is 4.96. The second-order valence-corrected chi connectivity index (χ2v) is 7.09. The summed E-state index contributed by atoms with van der Waals surface area (Å²) in [5, 5.41) is 11.2. The summed E-state index contributed by atoms with van der Waals surface area (Å²) in [6.45, 7) is 1.88. The van der Waals surface area contributed by atoms with Gasteiger partial charge in [-0.1, -0.05) is 28.9 Å². The number of hydrogen-bond acceptors (Lipinski definition) is 6. The minimum absolute atomic E-state index is 0.0407. The Morgan fingerprint density at radius 3 is 2.97 bits per heavy atom. The van der Waals surface area contributed by atoms with Crippen LogP contribution in [0.3, 0.4) is 0 Å². The quantitative estimate of drug-likeness (QED) is 0.649. The lowest BCUT2D eigenvalue weighted by Gasteiger charge is -2.32. The fourth-order valence-electron chi connectivity index (χ4n) is 3.11. The molecule has 0 radical (unpaired) electrons. The number of aromatic nitrogens is 3. The van der Waals surface area contributed by atoms with Crippen molar-refractivity contribution in [2.75, 3.05) is 40.0 Å². The SMILES string of the molecule is COCCNC(=O)c1cn([C@H]2CCCN(C(=O)COc3ccccc3Cl)C2)nn1. The van der Waals surface area contributed by atoms with Crippen LogP contribution in [0.1, 0.15) is 29.4 Å². The highest BCUT2D eigenvalue weighted by molar-refractivity contribution is 6.32. The molecule has 1 saturated heterocycles. The molecular weight excluding hydrogens is 398 g/mol. The van der Waals surface area contributed by atoms with E-state index in [4.69, 9.17) is 21.1 Å². The molecule has 1 aliphatic rings. The third kappa shape index (κ3) is 5.68. The normalized spacial score (nSPS) is 16.5. The standard InChI is InChI=1S/C19H24ClN5O4/c1-28-10-8-21-19(27)16-12-25(23-22-16)14-5-4-9-24(11-14)18(26)13-29-17-7-3-2-6-15(17)20/h2-3,6-7,12,14H,4-5,8-11,13H2,1H3,(H,21,27)/t14-/m0/s1. The van der Waals surface area contributed by atoms with Gasteiger partial charge >= 0.3 is 0 Å². The van der Waals surface area contributed by atoms with Gasteiger partial charge < -0.3 is 19.7 Å². The Morgan fingerprint density at radius 2 is 2.17 bits per heavy atom. The maximum Gasteiger partial charge on any atom is 0.273 e. The molecule has 1 N–H and O–H groups in total. The Morgan fingerprint density at radius 1 is 1.34 bits per heavy atom. The second-order valence-electron chi connectivity index (χ2n) is 6.69. The number of para-hydroxylation sites is 1. The zero-order valence-electron chi connectivity index (χ0n) is 16.2. The van der Waals surface area contributed by atoms with Gasteiger partial charge in [-0.05, 0) is 25.0 Å². The number of carbonyl (C=O) groups is 2. The number of piperidine rings is 1. The molecule has 0 bridgehead atoms. The van der Waals surface area contributed by atoms with Crippen LogP contribution in [0.15, 0.2) is 30.5 Å². The van der Waals surface area contributed by atoms with Crippen molar-refractivity contribution in [1.82, 2.24) is 25.2 Å². The highest BCUT2D eigenvalue weighted by atomic mass is 35.5. The highest BCUT2D eigenvalue weighted by Crippen LogP contribution is 2.24. The molecule has 0 spiro atoms. The summed E-state index contributed by atoms with van der Waals surface area (Å²) in [7, 11) is 1.57. The van der Waals surface area contributed by atoms with Gasteiger partial charge in [0.2, 0.25) is 0 Å². The van der Waals surface area contributed by atoms with E-state index in [1.165, 1.54) is 0 Å². The molecule has 156 valence electrons. The van der Waals surface area contributed by atoms with Crippen LogP contribution in [-0.4, -0.2) is 71.7 Å². The van der Waals surface area contributed by atoms with E-state index in [0.717, 1.165) is 12.8 Å². The van der Waals surface area contributed by atoms with E-state index < -0.39 is 0 Å². The van der Waals surface area contributed by atoms with Gasteiger partial charge in [0, 0.05) is 26.7 Å². The summed E-state index contributed by atoms with van der Waals surface area (Å²) in [4.78, 5) is 26.4. The van der Waals surface area contributed by atoms with E-state index in [9.17, 15) is 9.59 Å². The minimum Gasteiger partial charge on any atom is -0.482 e. The van der Waals surface area contributed by atoms with Gasteiger partial charge in [-0.25, -0.2) is 4.68 Å². The number of rotatable bonds is 8. The number of methoxy groups -OCH3 is 1. The molecule has 1 aromatic heterocycles. The fraction of sp³-hybridized carbons (Fsp3) is 0.474. The van der Waals surface area contributed by atoms with E-state index in [0.29, 0.717) is 37.0 Å². The Balaban J connectivity index is 1.54. The fourth-order valence-corrected chi connectivity index (χ4v) is 3.30. The lowest BCUT2D eigenvalue weighted by molar-refractivity contribution is -0.135. The monoisotopic (exact) mass is 421 g/mol. The molecule has 1 fully saturated rings. The molecule has 2 heterocycles. The molecule has 2 aromatic rings. The van der Waals surface area contributed by atoms with Crippen LogP contribution in [0.2, 0.25) is 5.02 Å². The number of ether oxygens (including phenoxy) is 2. The van der Waals surface area contributed by atoms with Crippen LogP contribution in [0, 0.1) is 0 Å². The summed E-state index contributed by atoms with van der Waals surface area (Å²) in [5.74, 6) is 0.0638. The molecule has 0 aliphatic carbocycles. The molecule has 10 heteroatoms. The molecule has 1 aliphatic heterocycles. The van der Waals surface area contributed by atoms with Gasteiger partial charge in [-0.3, -0.25) is 9.59 Å². The lowest BCUT2D eigenvalue weighted by Crippen LogP contribution is -2.43. The van der Waals surface area contributed by atoms with Gasteiger partial charge in [0.25, 0.3) is 11.8 Å². The maximum atomic E-state index is 12.6. The van der Waals surface area contributed by atoms with Gasteiger partial charge in [0.05, 0.1) is 23.9 Å². The summed E-state index contributed by atoms with van der Waals surface area (Å²) in [5.41, 5.74) is 0.242. The molecule has 1 aromatic carbocycles. The van der Waals surface area contributed by atoms with E-state index in [1.54, 1.807) is 47.2 Å². The van der Waals surface area contributed by atoms with Crippen molar-refractivity contribution in [3.63, 3.8) is 0 Å². The number of hydrogen-bond donors (Lipinski definition) is 1. The van der Waals surface area contributed by atoms with E-state index >= 15 is 0 Å². The van der Waals surface area contributed by atoms with Crippen LogP contribution in [0.4, 0.5) is 0 Å². The molecule has 0 saturated carbocycles. The Hall–Kier alpha value is -2.65. The Bertz CT molecular complexity index is 844. The average molecular weight is 422 g/mol. The van der Waals surface area contributed by atoms with Crippen molar-refractivity contribution < 1.29 is 19.1 Å². The highest BCUT2D eigenvalue weighted by Gasteiger charge is 2.26. The van der Waals surface area contributed by atoms with Gasteiger partial charge in [-0.15, -0.1) is 5.10 Å². The summed E-state index contributed by atoms with van der Waals surface area (Å²) < 4.78 is 12.1. The topological polar surface area (TPSA) is 98.6 Å². The molecule has 2 amide bonds. The van der Waals surface area contributed by atoms with E-state index in [2.05, 4.69) is 15.6 Å². The van der Waals surface area contributed by atoms with Crippen molar-refractivity contribution in [2.24, 2.45) is 0 Å². The number of likely N-dealkylation sites (tertiary alicyclic amines) is 1. The number of benzene rings is 1. The molecule has 29 heavy (non-hydrogen) atoms. The predicted octanol–water partition coefficient (Wildman–Crippen LogP) is 1.55. The first-order valence-electron chi connectivity index (χ1n) is 9.42. The Kier molecular flexibility index (Phi) is 7.42. The smallest absolute Gasteiger partial charge is 0.273 e. The van der Waals surface area contributed by atoms with Crippen LogP contribution in [-0.2, 0) is 9.53 Å². The summed E-state index contributed by atoms with van der Waals surface area (Å²) in [6, 6.07) is 7.00. The first-order valence-corrected chi connectivity index (χ1v) is 9.80. The Labute approximate surface area is 173 Å². The van der Waals surface area contributed by atoms with Crippen LogP contribution >= 0.6 is 11.6 Å². The predicted molar refractivity (Wildman–Crippen MR) is 106 cm³/mol. The third-order valence-electron chi connectivity index (χ3n) is 4.65. The van der Waals surface area contributed by atoms with Crippen LogP contribution < -0.4 is 10.1 Å². The minimum atomic E-state index is -0.301. The number of amides is 2. The lowest BCUT2D eigenvalue weighted by atomic mass is 10.1. The maximum absolute atomic E-state index is 12.6. The molecular formula is C19H24ClN5O4. The van der Waals surface area contributed by atoms with E-state index in [-0.39, 0.29) is 30.2 Å². The zero-order valence-corrected chi connectivity index (χ0v) is 17.0. The number of nitrogens with one attached hydrogen (secondary N) is 1. The molecule has 9 nitrogen and oxygen atoms in total. The van der Waals surface area contributed by atoms with E-state index in [1.807, 2.05) is 0 Å². The first-order chi connectivity index (χ1) is 14.1. The molecule has 3 rings (SSSR count). The van der Waals surface area contributed by atoms with Crippen molar-refractivity contribution in [1.29, 1.82) is 0 Å². The van der Waals surface area contributed by atoms with Gasteiger partial charge in [-0.2, -0.15) is 0 Å². The second kappa shape index (κ2) is 10.2. The van der Waals surface area contributed by atoms with Crippen LogP contribution in [0.25, 0.3) is 0 Å². The van der Waals surface area contributed by atoms with Gasteiger partial charge in [0.15, 0.2) is 12.3 Å². The van der Waals surface area contributed by atoms with Crippen molar-refractivity contribution in [3.8, 4) is 5.75 Å². The molecule has 1 atom stereocenters. The molecule has 0 unspecified atom stereocenters. The van der Waals surface area contributed by atoms with Crippen molar-refractivity contribution in [2.45, 2.75) is 18.9 Å². The number of halogens is 1. The zero-order chi connectivity index (χ0) is 20.6. The summed E-state index contributed by atoms with van der Waals surface area (Å²) in [6.07, 6.45) is 3.29. The first kappa shape index (κ1) is 21.1. The van der Waals surface area contributed by atoms with Crippen molar-refractivity contribution >= 4 is 23.4 Å². The summed E-state index contributed by atoms with van der Waals surface area (Å²) >= 11 is 6.06. The average Bonchev–Trinajstić information content (AvgIpc) is 3.24. The number of carbonyl (C=O) groups excluding carboxylic acids is 2. The largest absolute Gasteiger partial charge is 0.482 e. The van der Waals surface area contributed by atoms with Crippen LogP contribution in [0.5, 0.6) is 5.75 Å². The van der Waals surface area contributed by atoms with Gasteiger partial charge in [0.1, 0.15) is 5.75 Å².